The average molecular weight is 1350 g/mol. The zero-order chi connectivity index (χ0) is 68.0. The highest BCUT2D eigenvalue weighted by atomic mass is 31.2. The van der Waals surface area contributed by atoms with E-state index in [1.807, 2.05) is 0 Å². The molecule has 0 aromatic rings. The van der Waals surface area contributed by atoms with Crippen LogP contribution in [0.15, 0.2) is 24.3 Å². The van der Waals surface area contributed by atoms with Gasteiger partial charge in [0.15, 0.2) is 12.2 Å². The molecule has 542 valence electrons. The monoisotopic (exact) mass is 1350 g/mol. The van der Waals surface area contributed by atoms with Crippen LogP contribution in [-0.4, -0.2) is 96.7 Å². The second-order valence-corrected chi connectivity index (χ2v) is 30.0. The number of aliphatic hydroxyl groups excluding tert-OH is 1. The lowest BCUT2D eigenvalue weighted by molar-refractivity contribution is -0.161. The number of allylic oxidation sites excluding steroid dienone is 4. The fourth-order valence-corrected chi connectivity index (χ4v) is 12.1. The number of hydrogen-bond acceptors (Lipinski definition) is 15. The van der Waals surface area contributed by atoms with Crippen molar-refractivity contribution in [2.75, 3.05) is 39.6 Å². The van der Waals surface area contributed by atoms with E-state index in [1.165, 1.54) is 128 Å². The van der Waals surface area contributed by atoms with Crippen LogP contribution in [0.3, 0.4) is 0 Å². The molecule has 17 nitrogen and oxygen atoms in total. The van der Waals surface area contributed by atoms with Gasteiger partial charge in [0, 0.05) is 25.7 Å². The summed E-state index contributed by atoms with van der Waals surface area (Å²) >= 11 is 0. The number of ether oxygens (including phenoxy) is 4. The van der Waals surface area contributed by atoms with E-state index in [2.05, 4.69) is 72.8 Å². The molecular weight excluding hydrogens is 1210 g/mol. The van der Waals surface area contributed by atoms with Crippen LogP contribution < -0.4 is 0 Å². The summed E-state index contributed by atoms with van der Waals surface area (Å²) < 4.78 is 68.2. The highest BCUT2D eigenvalue weighted by Gasteiger charge is 2.30. The molecule has 0 bridgehead atoms. The van der Waals surface area contributed by atoms with Gasteiger partial charge in [0.05, 0.1) is 26.4 Å². The van der Waals surface area contributed by atoms with E-state index in [0.717, 1.165) is 121 Å². The van der Waals surface area contributed by atoms with Gasteiger partial charge in [-0.3, -0.25) is 37.3 Å². The van der Waals surface area contributed by atoms with Gasteiger partial charge >= 0.3 is 39.5 Å². The van der Waals surface area contributed by atoms with Crippen LogP contribution in [0, 0.1) is 17.8 Å². The number of carbonyl (C=O) groups is 4. The van der Waals surface area contributed by atoms with Crippen molar-refractivity contribution < 1.29 is 80.2 Å². The van der Waals surface area contributed by atoms with Crippen molar-refractivity contribution >= 4 is 39.5 Å². The smallest absolute Gasteiger partial charge is 0.462 e. The summed E-state index contributed by atoms with van der Waals surface area (Å²) in [4.78, 5) is 72.5. The Labute approximate surface area is 561 Å². The first-order chi connectivity index (χ1) is 44.2. The Morgan fingerprint density at radius 1 is 0.337 bits per heavy atom. The van der Waals surface area contributed by atoms with Crippen molar-refractivity contribution in [3.63, 3.8) is 0 Å². The van der Waals surface area contributed by atoms with Gasteiger partial charge in [-0.25, -0.2) is 9.13 Å². The zero-order valence-corrected chi connectivity index (χ0v) is 61.3. The molecule has 0 radical (unpaired) electrons. The molecule has 0 aliphatic heterocycles. The van der Waals surface area contributed by atoms with Gasteiger partial charge in [-0.2, -0.15) is 0 Å². The molecule has 0 heterocycles. The van der Waals surface area contributed by atoms with Gasteiger partial charge in [0.25, 0.3) is 0 Å². The first-order valence-corrected chi connectivity index (χ1v) is 40.2. The molecule has 3 unspecified atom stereocenters. The Morgan fingerprint density at radius 2 is 0.587 bits per heavy atom. The number of esters is 4. The number of unbranched alkanes of at least 4 members (excludes halogenated alkanes) is 34. The van der Waals surface area contributed by atoms with Crippen molar-refractivity contribution in [3.05, 3.63) is 24.3 Å². The quantitative estimate of drug-likeness (QED) is 0.0169. The highest BCUT2D eigenvalue weighted by Crippen LogP contribution is 2.45. The van der Waals surface area contributed by atoms with Gasteiger partial charge < -0.3 is 33.8 Å². The summed E-state index contributed by atoms with van der Waals surface area (Å²) in [6, 6.07) is 0. The Bertz CT molecular complexity index is 1890. The fourth-order valence-electron chi connectivity index (χ4n) is 10.5. The molecule has 3 N–H and O–H groups in total. The standard InChI is InChI=1S/C73H138O17P2/c1-8-9-10-11-12-13-14-15-18-22-25-28-31-40-47-54-70(75)83-60-69(90-73(78)57-50-43-36-34-39-46-53-66(6)7)63-88-92(81,82)86-59-67(74)58-85-91(79,80)87-62-68(61-84-71(76)55-48-41-35-33-38-45-52-65(4)5)89-72(77)56-49-42-32-29-26-23-20-17-16-19-21-24-27-30-37-44-51-64(2)3/h13-15,18,64-69,74H,8-12,16-17,19-63H2,1-7H3,(H,79,80)(H,81,82)/b14-13-,18-15-/t67?,68-,69-/m1/s1. The number of rotatable bonds is 69. The van der Waals surface area contributed by atoms with Gasteiger partial charge in [-0.05, 0) is 69.1 Å². The van der Waals surface area contributed by atoms with Gasteiger partial charge in [-0.1, -0.05) is 291 Å². The lowest BCUT2D eigenvalue weighted by Crippen LogP contribution is -2.30. The number of hydrogen-bond donors (Lipinski definition) is 3. The third kappa shape index (κ3) is 66.2. The third-order valence-corrected chi connectivity index (χ3v) is 18.2. The van der Waals surface area contributed by atoms with Crippen LogP contribution >= 0.6 is 15.6 Å². The van der Waals surface area contributed by atoms with Crippen LogP contribution in [0.5, 0.6) is 0 Å². The Morgan fingerprint density at radius 3 is 0.880 bits per heavy atom. The summed E-state index contributed by atoms with van der Waals surface area (Å²) in [6.45, 7) is 11.7. The van der Waals surface area contributed by atoms with Crippen LogP contribution in [-0.2, 0) is 65.4 Å². The van der Waals surface area contributed by atoms with E-state index in [9.17, 15) is 43.2 Å². The predicted molar refractivity (Wildman–Crippen MR) is 372 cm³/mol. The van der Waals surface area contributed by atoms with E-state index in [1.54, 1.807) is 0 Å². The molecule has 0 amide bonds. The number of carbonyl (C=O) groups excluding carboxylic acids is 4. The van der Waals surface area contributed by atoms with E-state index in [4.69, 9.17) is 37.0 Å². The lowest BCUT2D eigenvalue weighted by atomic mass is 10.0. The molecule has 0 aliphatic carbocycles. The number of phosphoric ester groups is 2. The largest absolute Gasteiger partial charge is 0.472 e. The predicted octanol–water partition coefficient (Wildman–Crippen LogP) is 20.6. The lowest BCUT2D eigenvalue weighted by Gasteiger charge is -2.21. The summed E-state index contributed by atoms with van der Waals surface area (Å²) in [6.07, 6.45) is 51.2. The van der Waals surface area contributed by atoms with Crippen LogP contribution in [0.1, 0.15) is 344 Å². The van der Waals surface area contributed by atoms with E-state index in [-0.39, 0.29) is 25.7 Å². The van der Waals surface area contributed by atoms with Crippen molar-refractivity contribution in [1.82, 2.24) is 0 Å². The number of phosphoric acid groups is 2. The maximum absolute atomic E-state index is 13.0. The molecule has 19 heteroatoms. The third-order valence-electron chi connectivity index (χ3n) is 16.3. The van der Waals surface area contributed by atoms with Crippen LogP contribution in [0.4, 0.5) is 0 Å². The van der Waals surface area contributed by atoms with Crippen molar-refractivity contribution in [1.29, 1.82) is 0 Å². The zero-order valence-electron chi connectivity index (χ0n) is 59.5. The highest BCUT2D eigenvalue weighted by molar-refractivity contribution is 7.47. The summed E-state index contributed by atoms with van der Waals surface area (Å²) in [5.74, 6) is -0.00863. The minimum Gasteiger partial charge on any atom is -0.462 e. The Balaban J connectivity index is 5.19. The summed E-state index contributed by atoms with van der Waals surface area (Å²) in [5.41, 5.74) is 0. The van der Waals surface area contributed by atoms with Gasteiger partial charge in [-0.15, -0.1) is 0 Å². The first-order valence-electron chi connectivity index (χ1n) is 37.2. The second-order valence-electron chi connectivity index (χ2n) is 27.1. The molecule has 0 saturated heterocycles. The molecule has 0 fully saturated rings. The second kappa shape index (κ2) is 63.3. The van der Waals surface area contributed by atoms with Crippen LogP contribution in [0.25, 0.3) is 0 Å². The van der Waals surface area contributed by atoms with Crippen molar-refractivity contribution in [3.8, 4) is 0 Å². The molecule has 5 atom stereocenters. The molecule has 0 aromatic carbocycles. The fraction of sp³-hybridized carbons (Fsp3) is 0.890. The van der Waals surface area contributed by atoms with E-state index >= 15 is 0 Å². The number of aliphatic hydroxyl groups is 1. The van der Waals surface area contributed by atoms with Crippen LogP contribution in [0.2, 0.25) is 0 Å². The maximum Gasteiger partial charge on any atom is 0.472 e. The molecular formula is C73H138O17P2. The molecule has 0 rings (SSSR count). The summed E-state index contributed by atoms with van der Waals surface area (Å²) in [7, 11) is -9.91. The van der Waals surface area contributed by atoms with E-state index < -0.39 is 97.5 Å². The van der Waals surface area contributed by atoms with Gasteiger partial charge in [0.1, 0.15) is 19.3 Å². The Kier molecular flexibility index (Phi) is 61.6. The topological polar surface area (TPSA) is 237 Å². The SMILES string of the molecule is CCCCCC/C=C\C=C/CCCCCCCC(=O)OC[C@H](COP(=O)(O)OCC(O)COP(=O)(O)OC[C@@H](COC(=O)CCCCCCCCC(C)C)OC(=O)CCCCCCCCCCCCCCCCCCC(C)C)OC(=O)CCCCCCCCC(C)C. The first kappa shape index (κ1) is 89.5. The maximum atomic E-state index is 13.0. The van der Waals surface area contributed by atoms with Crippen molar-refractivity contribution in [2.24, 2.45) is 17.8 Å². The van der Waals surface area contributed by atoms with E-state index in [0.29, 0.717) is 37.5 Å². The molecule has 0 aromatic heterocycles. The minimum absolute atomic E-state index is 0.0949. The summed E-state index contributed by atoms with van der Waals surface area (Å²) in [5, 5.41) is 10.6. The van der Waals surface area contributed by atoms with Gasteiger partial charge in [0.2, 0.25) is 0 Å². The average Bonchev–Trinajstić information content (AvgIpc) is 3.52. The molecule has 0 aliphatic rings. The molecule has 0 saturated carbocycles. The minimum atomic E-state index is -4.96. The normalized spacial score (nSPS) is 14.3. The Hall–Kier alpha value is -2.46. The molecule has 0 spiro atoms. The molecule has 92 heavy (non-hydrogen) atoms. The van der Waals surface area contributed by atoms with Crippen molar-refractivity contribution in [2.45, 2.75) is 362 Å².